The fourth-order valence-electron chi connectivity index (χ4n) is 3.60. The van der Waals surface area contributed by atoms with Gasteiger partial charge in [-0.1, -0.05) is 26.8 Å². The van der Waals surface area contributed by atoms with E-state index < -0.39 is 59.4 Å². The maximum absolute atomic E-state index is 12.5. The third-order valence-electron chi connectivity index (χ3n) is 5.39. The quantitative estimate of drug-likeness (QED) is 0.216. The lowest BCUT2D eigenvalue weighted by Gasteiger charge is -2.32. The minimum absolute atomic E-state index is 0.0853. The van der Waals surface area contributed by atoms with Crippen LogP contribution in [0.2, 0.25) is 0 Å². The molecule has 0 saturated carbocycles. The van der Waals surface area contributed by atoms with Crippen LogP contribution in [0.4, 0.5) is 9.59 Å². The third-order valence-corrected chi connectivity index (χ3v) is 5.39. The summed E-state index contributed by atoms with van der Waals surface area (Å²) in [6.45, 7) is 17.0. The van der Waals surface area contributed by atoms with Gasteiger partial charge in [0.1, 0.15) is 23.3 Å². The summed E-state index contributed by atoms with van der Waals surface area (Å²) >= 11 is 0. The van der Waals surface area contributed by atoms with Gasteiger partial charge in [-0.05, 0) is 72.1 Å². The Balaban J connectivity index is 3.49. The lowest BCUT2D eigenvalue weighted by Crippen LogP contribution is -2.42. The molecule has 3 unspecified atom stereocenters. The summed E-state index contributed by atoms with van der Waals surface area (Å²) in [6, 6.07) is 2.77. The fraction of sp³-hybridized carbons (Fsp3) is 0.643. The molecule has 0 amide bonds. The van der Waals surface area contributed by atoms with Gasteiger partial charge in [0.05, 0.1) is 0 Å². The molecule has 0 aliphatic rings. The Hall–Kier alpha value is -3.34. The Bertz CT molecular complexity index is 1020. The predicted octanol–water partition coefficient (Wildman–Crippen LogP) is 5.42. The SMILES string of the molecule is CC(C)CC(=O)OC(C)C(C)C(c1ccc(OC(=O)OC(C)(C)C)c(OC(=O)OC(C)(C)C)c1)[C@H](N)C(=O)O. The number of hydrogen-bond acceptors (Lipinski definition) is 10. The molecule has 0 bridgehead atoms. The van der Waals surface area contributed by atoms with Gasteiger partial charge in [-0.3, -0.25) is 9.59 Å². The number of nitrogens with two attached hydrogens (primary N) is 1. The zero-order chi connectivity index (χ0) is 30.3. The van der Waals surface area contributed by atoms with Crippen LogP contribution in [-0.4, -0.2) is 52.7 Å². The molecular formula is C28H43NO10. The summed E-state index contributed by atoms with van der Waals surface area (Å²) < 4.78 is 26.6. The molecule has 0 spiro atoms. The van der Waals surface area contributed by atoms with Gasteiger partial charge in [-0.15, -0.1) is 0 Å². The molecule has 220 valence electrons. The van der Waals surface area contributed by atoms with E-state index in [-0.39, 0.29) is 23.8 Å². The summed E-state index contributed by atoms with van der Waals surface area (Å²) in [5.41, 5.74) is 4.71. The number of carbonyl (C=O) groups is 4. The normalized spacial score (nSPS) is 15.0. The number of ether oxygens (including phenoxy) is 5. The first kappa shape index (κ1) is 33.7. The highest BCUT2D eigenvalue weighted by molar-refractivity contribution is 5.75. The van der Waals surface area contributed by atoms with Crippen LogP contribution in [0.15, 0.2) is 18.2 Å². The number of aliphatic carboxylic acids is 1. The third kappa shape index (κ3) is 11.9. The number of rotatable bonds is 10. The standard InChI is InChI=1S/C28H43NO10/c1-15(2)13-21(30)35-17(4)16(3)22(23(29)24(31)32)18-11-12-19(36-25(33)38-27(5,6)7)20(14-18)37-26(34)39-28(8,9)10/h11-12,14-17,22-23H,13,29H2,1-10H3,(H,31,32)/t16?,17?,22?,23-/m0/s1. The van der Waals surface area contributed by atoms with Crippen molar-refractivity contribution in [1.82, 2.24) is 0 Å². The van der Waals surface area contributed by atoms with Gasteiger partial charge in [0.15, 0.2) is 11.5 Å². The highest BCUT2D eigenvalue weighted by Crippen LogP contribution is 2.37. The van der Waals surface area contributed by atoms with Gasteiger partial charge in [-0.2, -0.15) is 0 Å². The van der Waals surface area contributed by atoms with Crippen molar-refractivity contribution in [2.75, 3.05) is 0 Å². The first-order valence-electron chi connectivity index (χ1n) is 12.8. The Morgan fingerprint density at radius 3 is 1.77 bits per heavy atom. The second kappa shape index (κ2) is 13.6. The highest BCUT2D eigenvalue weighted by atomic mass is 16.8. The topological polar surface area (TPSA) is 161 Å². The van der Waals surface area contributed by atoms with E-state index >= 15 is 0 Å². The minimum atomic E-state index is -1.40. The Kier molecular flexibility index (Phi) is 11.8. The van der Waals surface area contributed by atoms with Crippen LogP contribution in [-0.2, 0) is 23.8 Å². The average Bonchev–Trinajstić information content (AvgIpc) is 2.71. The van der Waals surface area contributed by atoms with Crippen LogP contribution in [0.25, 0.3) is 0 Å². The molecule has 11 nitrogen and oxygen atoms in total. The van der Waals surface area contributed by atoms with Crippen molar-refractivity contribution < 1.29 is 48.0 Å². The van der Waals surface area contributed by atoms with Crippen molar-refractivity contribution in [2.45, 2.75) is 105 Å². The van der Waals surface area contributed by atoms with E-state index in [0.29, 0.717) is 5.56 Å². The van der Waals surface area contributed by atoms with E-state index in [4.69, 9.17) is 29.4 Å². The zero-order valence-corrected chi connectivity index (χ0v) is 24.5. The van der Waals surface area contributed by atoms with Crippen molar-refractivity contribution >= 4 is 24.2 Å². The highest BCUT2D eigenvalue weighted by Gasteiger charge is 2.36. The lowest BCUT2D eigenvalue weighted by molar-refractivity contribution is -0.152. The van der Waals surface area contributed by atoms with Crippen LogP contribution in [0.3, 0.4) is 0 Å². The van der Waals surface area contributed by atoms with E-state index in [1.165, 1.54) is 18.2 Å². The molecule has 0 heterocycles. The summed E-state index contributed by atoms with van der Waals surface area (Å²) in [5, 5.41) is 9.75. The summed E-state index contributed by atoms with van der Waals surface area (Å²) in [7, 11) is 0. The molecule has 1 rings (SSSR count). The summed E-state index contributed by atoms with van der Waals surface area (Å²) in [5.74, 6) is -3.45. The molecule has 0 aliphatic carbocycles. The summed E-state index contributed by atoms with van der Waals surface area (Å²) in [4.78, 5) is 49.0. The molecule has 11 heteroatoms. The van der Waals surface area contributed by atoms with Crippen LogP contribution >= 0.6 is 0 Å². The first-order chi connectivity index (χ1) is 17.7. The molecule has 0 radical (unpaired) electrons. The van der Waals surface area contributed by atoms with Crippen molar-refractivity contribution in [3.8, 4) is 11.5 Å². The van der Waals surface area contributed by atoms with Crippen molar-refractivity contribution in [2.24, 2.45) is 17.6 Å². The van der Waals surface area contributed by atoms with E-state index in [9.17, 15) is 24.3 Å². The fourth-order valence-corrected chi connectivity index (χ4v) is 3.60. The molecule has 0 aliphatic heterocycles. The van der Waals surface area contributed by atoms with Gasteiger partial charge in [-0.25, -0.2) is 9.59 Å². The van der Waals surface area contributed by atoms with Crippen LogP contribution in [0.1, 0.15) is 87.1 Å². The monoisotopic (exact) mass is 553 g/mol. The van der Waals surface area contributed by atoms with Crippen LogP contribution < -0.4 is 15.2 Å². The smallest absolute Gasteiger partial charge is 0.480 e. The molecule has 39 heavy (non-hydrogen) atoms. The second-order valence-corrected chi connectivity index (χ2v) is 11.9. The molecular weight excluding hydrogens is 510 g/mol. The van der Waals surface area contributed by atoms with Crippen molar-refractivity contribution in [3.05, 3.63) is 23.8 Å². The molecule has 1 aromatic rings. The van der Waals surface area contributed by atoms with Gasteiger partial charge >= 0.3 is 24.2 Å². The lowest BCUT2D eigenvalue weighted by atomic mass is 9.79. The Labute approximate surface area is 230 Å². The number of benzene rings is 1. The Morgan fingerprint density at radius 2 is 1.33 bits per heavy atom. The molecule has 0 saturated heterocycles. The second-order valence-electron chi connectivity index (χ2n) is 11.9. The molecule has 3 N–H and O–H groups in total. The Morgan fingerprint density at radius 1 is 0.846 bits per heavy atom. The number of carboxylic acid groups (broad SMARTS) is 1. The van der Waals surface area contributed by atoms with Gasteiger partial charge in [0.25, 0.3) is 0 Å². The largest absolute Gasteiger partial charge is 0.514 e. The van der Waals surface area contributed by atoms with E-state index in [2.05, 4.69) is 0 Å². The number of hydrogen-bond donors (Lipinski definition) is 2. The van der Waals surface area contributed by atoms with Crippen molar-refractivity contribution in [1.29, 1.82) is 0 Å². The molecule has 4 atom stereocenters. The molecule has 0 fully saturated rings. The predicted molar refractivity (Wildman–Crippen MR) is 143 cm³/mol. The van der Waals surface area contributed by atoms with E-state index in [0.717, 1.165) is 0 Å². The zero-order valence-electron chi connectivity index (χ0n) is 24.5. The number of carboxylic acids is 1. The van der Waals surface area contributed by atoms with Gasteiger partial charge < -0.3 is 34.5 Å². The molecule has 1 aromatic carbocycles. The number of carbonyl (C=O) groups excluding carboxylic acids is 3. The maximum Gasteiger partial charge on any atom is 0.514 e. The van der Waals surface area contributed by atoms with E-state index in [1.54, 1.807) is 55.4 Å². The number of esters is 1. The molecule has 0 aromatic heterocycles. The van der Waals surface area contributed by atoms with Gasteiger partial charge in [0.2, 0.25) is 0 Å². The van der Waals surface area contributed by atoms with Crippen LogP contribution in [0, 0.1) is 11.8 Å². The van der Waals surface area contributed by atoms with E-state index in [1.807, 2.05) is 13.8 Å². The van der Waals surface area contributed by atoms with Gasteiger partial charge in [0, 0.05) is 18.3 Å². The van der Waals surface area contributed by atoms with Crippen molar-refractivity contribution in [3.63, 3.8) is 0 Å². The minimum Gasteiger partial charge on any atom is -0.480 e. The first-order valence-corrected chi connectivity index (χ1v) is 12.8. The summed E-state index contributed by atoms with van der Waals surface area (Å²) in [6.07, 6.45) is -2.60. The van der Waals surface area contributed by atoms with Crippen LogP contribution in [0.5, 0.6) is 11.5 Å². The average molecular weight is 554 g/mol. The maximum atomic E-state index is 12.5.